The zero-order valence-corrected chi connectivity index (χ0v) is 23.3. The van der Waals surface area contributed by atoms with E-state index in [2.05, 4.69) is 58.3 Å². The molecule has 1 aliphatic heterocycles. The summed E-state index contributed by atoms with van der Waals surface area (Å²) in [6, 6.07) is 18.9. The summed E-state index contributed by atoms with van der Waals surface area (Å²) in [5, 5.41) is 12.3. The van der Waals surface area contributed by atoms with Crippen LogP contribution in [0.2, 0.25) is 0 Å². The van der Waals surface area contributed by atoms with E-state index in [0.29, 0.717) is 19.4 Å². The summed E-state index contributed by atoms with van der Waals surface area (Å²) in [6.07, 6.45) is 3.11. The second kappa shape index (κ2) is 10.1. The number of thiazole rings is 2. The lowest BCUT2D eigenvalue weighted by Gasteiger charge is -2.49. The van der Waals surface area contributed by atoms with E-state index in [1.54, 1.807) is 22.7 Å². The number of anilines is 1. The Kier molecular flexibility index (Phi) is 6.84. The normalized spacial score (nSPS) is 23.9. The summed E-state index contributed by atoms with van der Waals surface area (Å²) in [7, 11) is 0. The lowest BCUT2D eigenvalue weighted by atomic mass is 9.63. The summed E-state index contributed by atoms with van der Waals surface area (Å²) in [6.45, 7) is 7.48. The zero-order chi connectivity index (χ0) is 26.3. The molecule has 2 aromatic heterocycles. The molecule has 0 radical (unpaired) electrons. The molecule has 0 unspecified atom stereocenters. The molecule has 1 saturated carbocycles. The molecule has 2 aromatic carbocycles. The van der Waals surface area contributed by atoms with Crippen molar-refractivity contribution in [3.05, 3.63) is 66.4 Å². The minimum Gasteiger partial charge on any atom is -0.390 e. The number of aliphatic hydroxyl groups is 1. The van der Waals surface area contributed by atoms with E-state index < -0.39 is 11.1 Å². The summed E-state index contributed by atoms with van der Waals surface area (Å²) in [5.74, 6) is 0. The molecule has 0 amide bonds. The molecule has 5 N–H and O–H groups in total. The summed E-state index contributed by atoms with van der Waals surface area (Å²) < 4.78 is 0. The van der Waals surface area contributed by atoms with Gasteiger partial charge in [-0.3, -0.25) is 4.90 Å². The van der Waals surface area contributed by atoms with Gasteiger partial charge in [0, 0.05) is 50.4 Å². The number of aromatic nitrogens is 2. The fourth-order valence-corrected chi connectivity index (χ4v) is 7.83. The van der Waals surface area contributed by atoms with E-state index in [9.17, 15) is 5.11 Å². The molecule has 1 aliphatic carbocycles. The molecule has 38 heavy (non-hydrogen) atoms. The van der Waals surface area contributed by atoms with Gasteiger partial charge in [-0.1, -0.05) is 65.9 Å². The molecule has 1 saturated heterocycles. The molecular weight excluding hydrogens is 512 g/mol. The highest BCUT2D eigenvalue weighted by Gasteiger charge is 2.49. The van der Waals surface area contributed by atoms with Gasteiger partial charge in [-0.05, 0) is 30.9 Å². The van der Waals surface area contributed by atoms with Crippen LogP contribution < -0.4 is 16.4 Å². The number of nitrogens with zero attached hydrogens (tertiary/aromatic N) is 4. The maximum absolute atomic E-state index is 10.2. The smallest absolute Gasteiger partial charge is 0.186 e. The van der Waals surface area contributed by atoms with Gasteiger partial charge in [-0.15, -0.1) is 11.3 Å². The molecule has 198 valence electrons. The third kappa shape index (κ3) is 5.02. The Bertz CT molecular complexity index is 1380. The van der Waals surface area contributed by atoms with Gasteiger partial charge < -0.3 is 21.5 Å². The summed E-state index contributed by atoms with van der Waals surface area (Å²) >= 11 is 3.43. The highest BCUT2D eigenvalue weighted by atomic mass is 32.1. The fourth-order valence-electron chi connectivity index (χ4n) is 5.73. The molecule has 2 fully saturated rings. The summed E-state index contributed by atoms with van der Waals surface area (Å²) in [5.41, 5.74) is 15.4. The number of hydrogen-bond acceptors (Lipinski definition) is 9. The van der Waals surface area contributed by atoms with Crippen LogP contribution in [0.25, 0.3) is 31.6 Å². The van der Waals surface area contributed by atoms with Gasteiger partial charge in [0.1, 0.15) is 5.01 Å². The Labute approximate surface area is 231 Å². The lowest BCUT2D eigenvalue weighted by molar-refractivity contribution is -0.0738. The highest BCUT2D eigenvalue weighted by Crippen LogP contribution is 2.47. The molecule has 7 nitrogen and oxygen atoms in total. The van der Waals surface area contributed by atoms with Crippen molar-refractivity contribution in [2.75, 3.05) is 44.2 Å². The highest BCUT2D eigenvalue weighted by molar-refractivity contribution is 7.25. The average Bonchev–Trinajstić information content (AvgIpc) is 3.57. The fraction of sp³-hybridized carbons (Fsp3) is 0.379. The number of nitrogens with two attached hydrogens (primary N) is 2. The maximum Gasteiger partial charge on any atom is 0.186 e. The molecule has 3 heterocycles. The second-order valence-corrected chi connectivity index (χ2v) is 12.8. The molecule has 0 spiro atoms. The SMILES string of the molecule is C[C@]1(O)C[C@@](N)(c2ccc(-c3nc(-c4cnc(N5CCN(CCN)CC5)s4)sc3-c3ccccc3)cc2)C1. The Morgan fingerprint density at radius 3 is 2.32 bits per heavy atom. The van der Waals surface area contributed by atoms with Crippen molar-refractivity contribution in [3.8, 4) is 31.6 Å². The maximum atomic E-state index is 10.2. The van der Waals surface area contributed by atoms with E-state index in [4.69, 9.17) is 21.4 Å². The van der Waals surface area contributed by atoms with Crippen LogP contribution in [0.4, 0.5) is 5.13 Å². The van der Waals surface area contributed by atoms with Crippen molar-refractivity contribution in [2.45, 2.75) is 30.9 Å². The lowest BCUT2D eigenvalue weighted by Crippen LogP contribution is -2.58. The molecule has 2 aliphatic rings. The van der Waals surface area contributed by atoms with Gasteiger partial charge in [-0.25, -0.2) is 9.97 Å². The second-order valence-electron chi connectivity index (χ2n) is 10.8. The molecule has 4 aromatic rings. The van der Waals surface area contributed by atoms with Crippen LogP contribution in [0.15, 0.2) is 60.8 Å². The molecule has 6 rings (SSSR count). The Hall–Kier alpha value is -2.66. The largest absolute Gasteiger partial charge is 0.390 e. The third-order valence-electron chi connectivity index (χ3n) is 7.58. The first-order valence-corrected chi connectivity index (χ1v) is 14.8. The number of piperazine rings is 1. The van der Waals surface area contributed by atoms with E-state index in [1.165, 1.54) is 0 Å². The molecular formula is C29H34N6OS2. The van der Waals surface area contributed by atoms with Crippen LogP contribution in [0.1, 0.15) is 25.3 Å². The van der Waals surface area contributed by atoms with Gasteiger partial charge in [0.15, 0.2) is 5.13 Å². The van der Waals surface area contributed by atoms with Gasteiger partial charge in [0.05, 0.1) is 27.2 Å². The Morgan fingerprint density at radius 2 is 1.66 bits per heavy atom. The van der Waals surface area contributed by atoms with Crippen molar-refractivity contribution in [3.63, 3.8) is 0 Å². The molecule has 0 bridgehead atoms. The third-order valence-corrected chi connectivity index (χ3v) is 9.91. The van der Waals surface area contributed by atoms with E-state index in [0.717, 1.165) is 75.0 Å². The van der Waals surface area contributed by atoms with Crippen LogP contribution in [-0.4, -0.2) is 64.8 Å². The zero-order valence-electron chi connectivity index (χ0n) is 21.6. The van der Waals surface area contributed by atoms with Gasteiger partial charge in [-0.2, -0.15) is 0 Å². The predicted octanol–water partition coefficient (Wildman–Crippen LogP) is 4.38. The van der Waals surface area contributed by atoms with Crippen LogP contribution >= 0.6 is 22.7 Å². The number of hydrogen-bond donors (Lipinski definition) is 3. The van der Waals surface area contributed by atoms with Gasteiger partial charge in [0.2, 0.25) is 0 Å². The first kappa shape index (κ1) is 25.6. The Balaban J connectivity index is 1.29. The van der Waals surface area contributed by atoms with Crippen molar-refractivity contribution in [1.82, 2.24) is 14.9 Å². The van der Waals surface area contributed by atoms with Crippen molar-refractivity contribution < 1.29 is 5.11 Å². The van der Waals surface area contributed by atoms with Crippen molar-refractivity contribution in [2.24, 2.45) is 11.5 Å². The van der Waals surface area contributed by atoms with Crippen LogP contribution in [0.5, 0.6) is 0 Å². The first-order valence-electron chi connectivity index (χ1n) is 13.2. The quantitative estimate of drug-likeness (QED) is 0.316. The minimum atomic E-state index is -0.677. The predicted molar refractivity (Wildman–Crippen MR) is 158 cm³/mol. The van der Waals surface area contributed by atoms with E-state index in [1.807, 2.05) is 19.2 Å². The Morgan fingerprint density at radius 1 is 0.947 bits per heavy atom. The van der Waals surface area contributed by atoms with E-state index in [-0.39, 0.29) is 0 Å². The van der Waals surface area contributed by atoms with Crippen LogP contribution in [-0.2, 0) is 5.54 Å². The monoisotopic (exact) mass is 546 g/mol. The van der Waals surface area contributed by atoms with Crippen LogP contribution in [0, 0.1) is 0 Å². The number of rotatable bonds is 7. The molecule has 9 heteroatoms. The summed E-state index contributed by atoms with van der Waals surface area (Å²) in [4.78, 5) is 16.9. The van der Waals surface area contributed by atoms with Crippen molar-refractivity contribution >= 4 is 27.8 Å². The first-order chi connectivity index (χ1) is 18.3. The molecule has 0 atom stereocenters. The van der Waals surface area contributed by atoms with E-state index >= 15 is 0 Å². The average molecular weight is 547 g/mol. The number of benzene rings is 2. The van der Waals surface area contributed by atoms with Crippen LogP contribution in [0.3, 0.4) is 0 Å². The van der Waals surface area contributed by atoms with Crippen molar-refractivity contribution in [1.29, 1.82) is 0 Å². The standard InChI is InChI=1S/C29H34N6OS2/c1-28(36)18-29(31,19-28)22-9-7-20(8-10-22)24-25(21-5-3-2-4-6-21)38-26(33-24)23-17-32-27(37-23)35-15-13-34(12-11-30)14-16-35/h2-10,17,36H,11-16,18-19,30-31H2,1H3/t28-,29-. The van der Waals surface area contributed by atoms with Gasteiger partial charge >= 0.3 is 0 Å². The minimum absolute atomic E-state index is 0.466. The van der Waals surface area contributed by atoms with Gasteiger partial charge in [0.25, 0.3) is 0 Å². The topological polar surface area (TPSA) is 105 Å².